The lowest BCUT2D eigenvalue weighted by Gasteiger charge is -2.24. The van der Waals surface area contributed by atoms with Crippen LogP contribution in [0, 0.1) is 0 Å². The Morgan fingerprint density at radius 1 is 1.09 bits per heavy atom. The molecule has 22 heavy (non-hydrogen) atoms. The minimum atomic E-state index is -1.90. The number of ether oxygens (including phenoxy) is 2. The van der Waals surface area contributed by atoms with Crippen molar-refractivity contribution in [3.8, 4) is 11.5 Å². The fourth-order valence-corrected chi connectivity index (χ4v) is 2.07. The third-order valence-electron chi connectivity index (χ3n) is 3.40. The molecule has 0 aromatic heterocycles. The molecule has 8 heteroatoms. The maximum Gasteiger partial charge on any atom is 0.231 e. The molecule has 0 fully saturated rings. The summed E-state index contributed by atoms with van der Waals surface area (Å²) >= 11 is 0. The zero-order valence-corrected chi connectivity index (χ0v) is 11.6. The van der Waals surface area contributed by atoms with Gasteiger partial charge in [0.25, 0.3) is 0 Å². The second-order valence-electron chi connectivity index (χ2n) is 5.01. The number of aliphatic hydroxyl groups is 5. The Balaban J connectivity index is 1.99. The van der Waals surface area contributed by atoms with Crippen LogP contribution < -0.4 is 9.47 Å². The number of Topliss-reactive ketones (excluding diaryl/α,β-unsaturated/α-hetero) is 1. The van der Waals surface area contributed by atoms with E-state index in [1.807, 2.05) is 0 Å². The van der Waals surface area contributed by atoms with Gasteiger partial charge >= 0.3 is 0 Å². The molecule has 1 aromatic rings. The Labute approximate surface area is 126 Å². The van der Waals surface area contributed by atoms with Crippen molar-refractivity contribution in [1.29, 1.82) is 0 Å². The van der Waals surface area contributed by atoms with E-state index in [1.165, 1.54) is 0 Å². The lowest BCUT2D eigenvalue weighted by atomic mass is 9.96. The molecular formula is C14H18O8. The van der Waals surface area contributed by atoms with Gasteiger partial charge in [0.05, 0.1) is 6.61 Å². The van der Waals surface area contributed by atoms with Gasteiger partial charge in [-0.05, 0) is 17.7 Å². The molecule has 0 aliphatic carbocycles. The van der Waals surface area contributed by atoms with E-state index in [4.69, 9.17) is 14.6 Å². The van der Waals surface area contributed by atoms with Crippen LogP contribution in [-0.4, -0.2) is 69.1 Å². The van der Waals surface area contributed by atoms with Gasteiger partial charge in [-0.2, -0.15) is 0 Å². The summed E-state index contributed by atoms with van der Waals surface area (Å²) in [5.74, 6) is 0.296. The van der Waals surface area contributed by atoms with Gasteiger partial charge in [0.1, 0.15) is 24.4 Å². The molecule has 1 heterocycles. The van der Waals surface area contributed by atoms with Crippen LogP contribution in [0.1, 0.15) is 5.56 Å². The van der Waals surface area contributed by atoms with Crippen molar-refractivity contribution >= 4 is 5.78 Å². The van der Waals surface area contributed by atoms with E-state index in [2.05, 4.69) is 0 Å². The lowest BCUT2D eigenvalue weighted by Crippen LogP contribution is -2.49. The van der Waals surface area contributed by atoms with E-state index in [0.717, 1.165) is 0 Å². The number of carbonyl (C=O) groups is 1. The number of hydrogen-bond donors (Lipinski definition) is 5. The van der Waals surface area contributed by atoms with Crippen molar-refractivity contribution in [3.63, 3.8) is 0 Å². The molecule has 1 aromatic carbocycles. The summed E-state index contributed by atoms with van der Waals surface area (Å²) in [5, 5.41) is 46.8. The third kappa shape index (κ3) is 3.54. The number of ketones is 1. The summed E-state index contributed by atoms with van der Waals surface area (Å²) in [6.07, 6.45) is -7.47. The standard InChI is InChI=1S/C14H18O8/c15-5-9(17)13(19)14(20)12(18)8(16)3-7-1-2-10-11(4-7)22-6-21-10/h1-2,4,9,12-15,17-20H,3,5-6H2/t9-,12+,13-,14-/m1/s1. The van der Waals surface area contributed by atoms with Crippen LogP contribution in [0.5, 0.6) is 11.5 Å². The van der Waals surface area contributed by atoms with Gasteiger partial charge in [-0.25, -0.2) is 0 Å². The van der Waals surface area contributed by atoms with E-state index in [-0.39, 0.29) is 13.2 Å². The molecular weight excluding hydrogens is 296 g/mol. The normalized spacial score (nSPS) is 18.6. The maximum atomic E-state index is 11.9. The quantitative estimate of drug-likeness (QED) is 0.388. The van der Waals surface area contributed by atoms with Crippen LogP contribution in [0.4, 0.5) is 0 Å². The van der Waals surface area contributed by atoms with Gasteiger partial charge < -0.3 is 35.0 Å². The van der Waals surface area contributed by atoms with Gasteiger partial charge in [-0.3, -0.25) is 4.79 Å². The van der Waals surface area contributed by atoms with Crippen molar-refractivity contribution in [1.82, 2.24) is 0 Å². The monoisotopic (exact) mass is 314 g/mol. The molecule has 4 atom stereocenters. The second-order valence-corrected chi connectivity index (χ2v) is 5.01. The largest absolute Gasteiger partial charge is 0.454 e. The molecule has 1 aliphatic heterocycles. The summed E-state index contributed by atoms with van der Waals surface area (Å²) in [4.78, 5) is 11.9. The highest BCUT2D eigenvalue weighted by atomic mass is 16.7. The first-order chi connectivity index (χ1) is 10.4. The van der Waals surface area contributed by atoms with Gasteiger partial charge in [-0.15, -0.1) is 0 Å². The fraction of sp³-hybridized carbons (Fsp3) is 0.500. The zero-order chi connectivity index (χ0) is 16.3. The molecule has 0 amide bonds. The van der Waals surface area contributed by atoms with Gasteiger partial charge in [0.2, 0.25) is 6.79 Å². The Bertz CT molecular complexity index is 532. The molecule has 0 bridgehead atoms. The average molecular weight is 314 g/mol. The first kappa shape index (κ1) is 16.7. The first-order valence-corrected chi connectivity index (χ1v) is 6.68. The summed E-state index contributed by atoms with van der Waals surface area (Å²) < 4.78 is 10.3. The van der Waals surface area contributed by atoms with Gasteiger partial charge in [-0.1, -0.05) is 6.07 Å². The van der Waals surface area contributed by atoms with Gasteiger partial charge in [0, 0.05) is 6.42 Å². The van der Waals surface area contributed by atoms with E-state index in [9.17, 15) is 25.2 Å². The van der Waals surface area contributed by atoms with Crippen molar-refractivity contribution in [2.45, 2.75) is 30.8 Å². The summed E-state index contributed by atoms with van der Waals surface area (Å²) in [6.45, 7) is -0.708. The zero-order valence-electron chi connectivity index (χ0n) is 11.6. The molecule has 2 rings (SSSR count). The van der Waals surface area contributed by atoms with Crippen LogP contribution in [0.25, 0.3) is 0 Å². The SMILES string of the molecule is O=C(Cc1ccc2c(c1)OCO2)[C@H](O)[C@@H](O)[C@H](O)[C@H](O)CO. The highest BCUT2D eigenvalue weighted by molar-refractivity contribution is 5.85. The number of aliphatic hydroxyl groups excluding tert-OH is 5. The summed E-state index contributed by atoms with van der Waals surface area (Å²) in [7, 11) is 0. The molecule has 0 saturated carbocycles. The average Bonchev–Trinajstić information content (AvgIpc) is 2.99. The van der Waals surface area contributed by atoms with Crippen molar-refractivity contribution in [3.05, 3.63) is 23.8 Å². The minimum Gasteiger partial charge on any atom is -0.454 e. The van der Waals surface area contributed by atoms with Crippen LogP contribution >= 0.6 is 0 Å². The molecule has 0 unspecified atom stereocenters. The Kier molecular flexibility index (Phi) is 5.33. The summed E-state index contributed by atoms with van der Waals surface area (Å²) in [5.41, 5.74) is 0.540. The van der Waals surface area contributed by atoms with E-state index >= 15 is 0 Å². The Morgan fingerprint density at radius 3 is 2.45 bits per heavy atom. The number of fused-ring (bicyclic) bond motifs is 1. The molecule has 5 N–H and O–H groups in total. The molecule has 122 valence electrons. The van der Waals surface area contributed by atoms with Crippen LogP contribution in [-0.2, 0) is 11.2 Å². The number of carbonyl (C=O) groups excluding carboxylic acids is 1. The molecule has 0 radical (unpaired) electrons. The molecule has 1 aliphatic rings. The second kappa shape index (κ2) is 7.03. The van der Waals surface area contributed by atoms with Gasteiger partial charge in [0.15, 0.2) is 17.3 Å². The lowest BCUT2D eigenvalue weighted by molar-refractivity contribution is -0.146. The van der Waals surface area contributed by atoms with E-state index in [0.29, 0.717) is 17.1 Å². The highest BCUT2D eigenvalue weighted by Gasteiger charge is 2.34. The summed E-state index contributed by atoms with van der Waals surface area (Å²) in [6, 6.07) is 4.82. The predicted octanol–water partition coefficient (Wildman–Crippen LogP) is -2.04. The highest BCUT2D eigenvalue weighted by Crippen LogP contribution is 2.32. The smallest absolute Gasteiger partial charge is 0.231 e. The van der Waals surface area contributed by atoms with Crippen LogP contribution in [0.2, 0.25) is 0 Å². The van der Waals surface area contributed by atoms with E-state index in [1.54, 1.807) is 18.2 Å². The van der Waals surface area contributed by atoms with Crippen LogP contribution in [0.15, 0.2) is 18.2 Å². The topological polar surface area (TPSA) is 137 Å². The van der Waals surface area contributed by atoms with Crippen LogP contribution in [0.3, 0.4) is 0 Å². The van der Waals surface area contributed by atoms with Crippen molar-refractivity contribution in [2.75, 3.05) is 13.4 Å². The maximum absolute atomic E-state index is 11.9. The van der Waals surface area contributed by atoms with Crippen molar-refractivity contribution < 1.29 is 39.8 Å². The Hall–Kier alpha value is -1.71. The Morgan fingerprint density at radius 2 is 1.77 bits per heavy atom. The number of benzene rings is 1. The minimum absolute atomic E-state index is 0.0965. The first-order valence-electron chi connectivity index (χ1n) is 6.68. The third-order valence-corrected chi connectivity index (χ3v) is 3.40. The predicted molar refractivity (Wildman–Crippen MR) is 72.4 cm³/mol. The fourth-order valence-electron chi connectivity index (χ4n) is 2.07. The molecule has 0 saturated heterocycles. The number of rotatable bonds is 7. The number of hydrogen-bond acceptors (Lipinski definition) is 8. The van der Waals surface area contributed by atoms with Crippen molar-refractivity contribution in [2.24, 2.45) is 0 Å². The van der Waals surface area contributed by atoms with E-state index < -0.39 is 36.8 Å². The molecule has 8 nitrogen and oxygen atoms in total. The molecule has 0 spiro atoms.